The summed E-state index contributed by atoms with van der Waals surface area (Å²) in [6, 6.07) is 0. The Morgan fingerprint density at radius 2 is 2.33 bits per heavy atom. The first-order valence-electron chi connectivity index (χ1n) is 2.63. The van der Waals surface area contributed by atoms with Crippen LogP contribution in [0, 0.1) is 0 Å². The zero-order valence-corrected chi connectivity index (χ0v) is 4.96. The van der Waals surface area contributed by atoms with Gasteiger partial charge in [-0.15, -0.1) is 0 Å². The molecule has 0 aliphatic carbocycles. The highest BCUT2D eigenvalue weighted by Gasteiger charge is 1.92. The van der Waals surface area contributed by atoms with E-state index in [4.69, 9.17) is 5.11 Å². The Kier molecular flexibility index (Phi) is 4.72. The van der Waals surface area contributed by atoms with Gasteiger partial charge >= 0.3 is 5.97 Å². The molecular formula is C5H9NO3. The molecule has 0 bridgehead atoms. The van der Waals surface area contributed by atoms with Crippen molar-refractivity contribution in [1.82, 2.24) is 5.32 Å². The molecule has 0 radical (unpaired) electrons. The highest BCUT2D eigenvalue weighted by Crippen LogP contribution is 1.72. The van der Waals surface area contributed by atoms with Gasteiger partial charge < -0.3 is 15.2 Å². The SMILES string of the molecule is O=CCNCCC(=O)O. The van der Waals surface area contributed by atoms with E-state index >= 15 is 0 Å². The molecule has 0 rings (SSSR count). The summed E-state index contributed by atoms with van der Waals surface area (Å²) in [5.74, 6) is -0.853. The van der Waals surface area contributed by atoms with E-state index in [-0.39, 0.29) is 13.0 Å². The molecule has 0 fully saturated rings. The van der Waals surface area contributed by atoms with Gasteiger partial charge in [0.1, 0.15) is 6.29 Å². The zero-order valence-electron chi connectivity index (χ0n) is 4.96. The fourth-order valence-corrected chi connectivity index (χ4v) is 0.356. The number of aldehydes is 1. The largest absolute Gasteiger partial charge is 0.481 e. The third-order valence-electron chi connectivity index (χ3n) is 0.743. The van der Waals surface area contributed by atoms with E-state index in [0.29, 0.717) is 12.8 Å². The van der Waals surface area contributed by atoms with Crippen molar-refractivity contribution in [2.75, 3.05) is 13.1 Å². The van der Waals surface area contributed by atoms with Gasteiger partial charge in [0, 0.05) is 6.54 Å². The van der Waals surface area contributed by atoms with E-state index in [1.54, 1.807) is 0 Å². The van der Waals surface area contributed by atoms with Crippen LogP contribution >= 0.6 is 0 Å². The maximum atomic E-state index is 9.83. The molecule has 2 N–H and O–H groups in total. The van der Waals surface area contributed by atoms with E-state index < -0.39 is 5.97 Å². The van der Waals surface area contributed by atoms with Crippen LogP contribution in [0.15, 0.2) is 0 Å². The lowest BCUT2D eigenvalue weighted by Crippen LogP contribution is -2.19. The molecule has 0 aliphatic rings. The van der Waals surface area contributed by atoms with Crippen LogP contribution in [0.1, 0.15) is 6.42 Å². The second-order valence-corrected chi connectivity index (χ2v) is 1.51. The van der Waals surface area contributed by atoms with E-state index in [1.807, 2.05) is 0 Å². The van der Waals surface area contributed by atoms with Crippen molar-refractivity contribution in [3.63, 3.8) is 0 Å². The topological polar surface area (TPSA) is 66.4 Å². The van der Waals surface area contributed by atoms with Crippen LogP contribution in [0.4, 0.5) is 0 Å². The Hall–Kier alpha value is -0.900. The minimum atomic E-state index is -0.853. The predicted molar refractivity (Wildman–Crippen MR) is 31.2 cm³/mol. The van der Waals surface area contributed by atoms with E-state index in [1.165, 1.54) is 0 Å². The molecule has 0 saturated heterocycles. The van der Waals surface area contributed by atoms with Gasteiger partial charge in [-0.05, 0) is 0 Å². The quantitative estimate of drug-likeness (QED) is 0.380. The number of hydrogen-bond donors (Lipinski definition) is 2. The van der Waals surface area contributed by atoms with E-state index in [2.05, 4.69) is 5.32 Å². The third kappa shape index (κ3) is 7.10. The molecule has 4 nitrogen and oxygen atoms in total. The van der Waals surface area contributed by atoms with Crippen molar-refractivity contribution in [2.24, 2.45) is 0 Å². The number of hydrogen-bond acceptors (Lipinski definition) is 3. The van der Waals surface area contributed by atoms with Gasteiger partial charge in [-0.25, -0.2) is 0 Å². The van der Waals surface area contributed by atoms with Crippen LogP contribution in [-0.2, 0) is 9.59 Å². The summed E-state index contributed by atoms with van der Waals surface area (Å²) >= 11 is 0. The lowest BCUT2D eigenvalue weighted by atomic mass is 10.4. The molecule has 0 atom stereocenters. The summed E-state index contributed by atoms with van der Waals surface area (Å²) in [4.78, 5) is 19.5. The van der Waals surface area contributed by atoms with Gasteiger partial charge in [0.2, 0.25) is 0 Å². The molecule has 52 valence electrons. The van der Waals surface area contributed by atoms with E-state index in [9.17, 15) is 9.59 Å². The number of carbonyl (C=O) groups excluding carboxylic acids is 1. The number of carboxylic acid groups (broad SMARTS) is 1. The summed E-state index contributed by atoms with van der Waals surface area (Å²) in [6.45, 7) is 0.585. The van der Waals surface area contributed by atoms with Crippen LogP contribution in [0.25, 0.3) is 0 Å². The third-order valence-corrected chi connectivity index (χ3v) is 0.743. The van der Waals surface area contributed by atoms with Crippen LogP contribution in [0.2, 0.25) is 0 Å². The lowest BCUT2D eigenvalue weighted by Gasteiger charge is -1.93. The first-order valence-corrected chi connectivity index (χ1v) is 2.63. The van der Waals surface area contributed by atoms with Crippen LogP contribution in [0.5, 0.6) is 0 Å². The monoisotopic (exact) mass is 131 g/mol. The first-order chi connectivity index (χ1) is 4.27. The molecule has 9 heavy (non-hydrogen) atoms. The van der Waals surface area contributed by atoms with Crippen molar-refractivity contribution in [3.8, 4) is 0 Å². The zero-order chi connectivity index (χ0) is 7.11. The molecule has 0 amide bonds. The Morgan fingerprint density at radius 1 is 1.67 bits per heavy atom. The Morgan fingerprint density at radius 3 is 2.78 bits per heavy atom. The van der Waals surface area contributed by atoms with Crippen molar-refractivity contribution < 1.29 is 14.7 Å². The predicted octanol–water partition coefficient (Wildman–Crippen LogP) is -0.750. The molecule has 0 unspecified atom stereocenters. The average Bonchev–Trinajstić information content (AvgIpc) is 1.80. The van der Waals surface area contributed by atoms with Crippen molar-refractivity contribution in [3.05, 3.63) is 0 Å². The molecule has 0 aromatic carbocycles. The Balaban J connectivity index is 2.91. The van der Waals surface area contributed by atoms with Crippen LogP contribution in [0.3, 0.4) is 0 Å². The van der Waals surface area contributed by atoms with Gasteiger partial charge in [-0.2, -0.15) is 0 Å². The molecule has 0 spiro atoms. The average molecular weight is 131 g/mol. The van der Waals surface area contributed by atoms with Gasteiger partial charge in [0.05, 0.1) is 13.0 Å². The maximum absolute atomic E-state index is 9.83. The standard InChI is InChI=1S/C5H9NO3/c7-4-3-6-2-1-5(8)9/h4,6H,1-3H2,(H,8,9). The van der Waals surface area contributed by atoms with Gasteiger partial charge in [0.25, 0.3) is 0 Å². The number of rotatable bonds is 5. The number of carbonyl (C=O) groups is 2. The van der Waals surface area contributed by atoms with Crippen LogP contribution < -0.4 is 5.32 Å². The molecule has 0 aliphatic heterocycles. The molecule has 0 aromatic heterocycles. The summed E-state index contributed by atoms with van der Waals surface area (Å²) in [5, 5.41) is 10.7. The number of aliphatic carboxylic acids is 1. The van der Waals surface area contributed by atoms with Crippen molar-refractivity contribution in [2.45, 2.75) is 6.42 Å². The number of carboxylic acids is 1. The van der Waals surface area contributed by atoms with Crippen molar-refractivity contribution >= 4 is 12.3 Å². The van der Waals surface area contributed by atoms with E-state index in [0.717, 1.165) is 0 Å². The number of nitrogens with one attached hydrogen (secondary N) is 1. The van der Waals surface area contributed by atoms with Crippen molar-refractivity contribution in [1.29, 1.82) is 0 Å². The lowest BCUT2D eigenvalue weighted by molar-refractivity contribution is -0.136. The molecule has 4 heteroatoms. The summed E-state index contributed by atoms with van der Waals surface area (Å²) < 4.78 is 0. The Labute approximate surface area is 52.9 Å². The molecular weight excluding hydrogens is 122 g/mol. The fourth-order valence-electron chi connectivity index (χ4n) is 0.356. The Bertz CT molecular complexity index is 102. The van der Waals surface area contributed by atoms with Crippen LogP contribution in [-0.4, -0.2) is 30.5 Å². The normalized spacial score (nSPS) is 8.89. The first kappa shape index (κ1) is 8.10. The highest BCUT2D eigenvalue weighted by molar-refractivity contribution is 5.66. The summed E-state index contributed by atoms with van der Waals surface area (Å²) in [7, 11) is 0. The van der Waals surface area contributed by atoms with Gasteiger partial charge in [-0.3, -0.25) is 4.79 Å². The molecule has 0 heterocycles. The second-order valence-electron chi connectivity index (χ2n) is 1.51. The molecule has 0 saturated carbocycles. The second kappa shape index (κ2) is 5.24. The maximum Gasteiger partial charge on any atom is 0.304 e. The minimum Gasteiger partial charge on any atom is -0.481 e. The highest BCUT2D eigenvalue weighted by atomic mass is 16.4. The summed E-state index contributed by atoms with van der Waals surface area (Å²) in [5.41, 5.74) is 0. The van der Waals surface area contributed by atoms with Gasteiger partial charge in [-0.1, -0.05) is 0 Å². The molecule has 0 aromatic rings. The minimum absolute atomic E-state index is 0.0633. The van der Waals surface area contributed by atoms with Gasteiger partial charge in [0.15, 0.2) is 0 Å². The summed E-state index contributed by atoms with van der Waals surface area (Å²) in [6.07, 6.45) is 0.760. The smallest absolute Gasteiger partial charge is 0.304 e. The fraction of sp³-hybridized carbons (Fsp3) is 0.600.